The van der Waals surface area contributed by atoms with Crippen molar-refractivity contribution in [1.29, 1.82) is 0 Å². The number of rotatable bonds is 4. The van der Waals surface area contributed by atoms with E-state index in [9.17, 15) is 14.7 Å². The molecule has 2 amide bonds. The number of pyridine rings is 1. The monoisotopic (exact) mass is 409 g/mol. The molecule has 2 aliphatic rings. The summed E-state index contributed by atoms with van der Waals surface area (Å²) in [5.74, 6) is -0.0796. The molecule has 2 saturated heterocycles. The van der Waals surface area contributed by atoms with Gasteiger partial charge in [0.1, 0.15) is 5.75 Å². The first kappa shape index (κ1) is 20.3. The predicted octanol–water partition coefficient (Wildman–Crippen LogP) is 2.84. The van der Waals surface area contributed by atoms with Gasteiger partial charge in [-0.1, -0.05) is 12.1 Å². The number of carbonyl (C=O) groups excluding carboxylic acids is 2. The van der Waals surface area contributed by atoms with Crippen molar-refractivity contribution in [3.63, 3.8) is 0 Å². The number of methoxy groups -OCH3 is 1. The van der Waals surface area contributed by atoms with Crippen LogP contribution in [-0.2, 0) is 11.3 Å². The van der Waals surface area contributed by atoms with E-state index in [-0.39, 0.29) is 23.1 Å². The van der Waals surface area contributed by atoms with Crippen molar-refractivity contribution in [2.24, 2.45) is 0 Å². The SMILES string of the molecule is COCc1cccc(C(=O)N2CCC3(CCCN3C(=O)c3cncc(O)c3)CC2)c1. The molecule has 0 unspecified atom stereocenters. The maximum Gasteiger partial charge on any atom is 0.256 e. The van der Waals surface area contributed by atoms with Gasteiger partial charge in [0.2, 0.25) is 0 Å². The third kappa shape index (κ3) is 3.89. The first-order valence-corrected chi connectivity index (χ1v) is 10.4. The van der Waals surface area contributed by atoms with Crippen LogP contribution in [-0.4, -0.2) is 64.0 Å². The molecule has 0 aliphatic carbocycles. The van der Waals surface area contributed by atoms with E-state index in [0.717, 1.165) is 31.2 Å². The number of likely N-dealkylation sites (tertiary alicyclic amines) is 2. The summed E-state index contributed by atoms with van der Waals surface area (Å²) in [5.41, 5.74) is 1.83. The Morgan fingerprint density at radius 1 is 1.07 bits per heavy atom. The molecule has 0 bridgehead atoms. The molecular formula is C23H27N3O4. The standard InChI is InChI=1S/C23H27N3O4/c1-30-16-17-4-2-5-18(12-17)21(28)25-10-7-23(8-11-25)6-3-9-26(23)22(29)19-13-20(27)15-24-14-19/h2,4-5,12-15,27H,3,6-11,16H2,1H3. The zero-order chi connectivity index (χ0) is 21.1. The number of piperidine rings is 1. The molecule has 2 aliphatic heterocycles. The Bertz CT molecular complexity index is 938. The maximum atomic E-state index is 13.1. The summed E-state index contributed by atoms with van der Waals surface area (Å²) in [6.45, 7) is 2.41. The molecular weight excluding hydrogens is 382 g/mol. The van der Waals surface area contributed by atoms with E-state index in [1.165, 1.54) is 18.5 Å². The summed E-state index contributed by atoms with van der Waals surface area (Å²) >= 11 is 0. The molecule has 2 fully saturated rings. The topological polar surface area (TPSA) is 83.0 Å². The van der Waals surface area contributed by atoms with Gasteiger partial charge in [-0.25, -0.2) is 0 Å². The molecule has 0 saturated carbocycles. The van der Waals surface area contributed by atoms with Crippen molar-refractivity contribution in [1.82, 2.24) is 14.8 Å². The predicted molar refractivity (Wildman–Crippen MR) is 111 cm³/mol. The van der Waals surface area contributed by atoms with Gasteiger partial charge in [0, 0.05) is 44.0 Å². The van der Waals surface area contributed by atoms with E-state index in [1.807, 2.05) is 34.1 Å². The van der Waals surface area contributed by atoms with Crippen molar-refractivity contribution < 1.29 is 19.4 Å². The molecule has 7 nitrogen and oxygen atoms in total. The van der Waals surface area contributed by atoms with E-state index in [1.54, 1.807) is 7.11 Å². The van der Waals surface area contributed by atoms with E-state index in [4.69, 9.17) is 4.74 Å². The number of nitrogens with zero attached hydrogens (tertiary/aromatic N) is 3. The Morgan fingerprint density at radius 2 is 1.87 bits per heavy atom. The molecule has 1 aromatic heterocycles. The Labute approximate surface area is 176 Å². The highest BCUT2D eigenvalue weighted by Crippen LogP contribution is 2.39. The molecule has 1 aromatic carbocycles. The maximum absolute atomic E-state index is 13.1. The molecule has 3 heterocycles. The van der Waals surface area contributed by atoms with Crippen LogP contribution in [0.15, 0.2) is 42.7 Å². The van der Waals surface area contributed by atoms with Crippen molar-refractivity contribution in [2.75, 3.05) is 26.7 Å². The highest BCUT2D eigenvalue weighted by Gasteiger charge is 2.46. The fraction of sp³-hybridized carbons (Fsp3) is 0.435. The van der Waals surface area contributed by atoms with Crippen LogP contribution in [0.4, 0.5) is 0 Å². The molecule has 1 spiro atoms. The van der Waals surface area contributed by atoms with Crippen LogP contribution in [0.2, 0.25) is 0 Å². The Morgan fingerprint density at radius 3 is 2.60 bits per heavy atom. The minimum Gasteiger partial charge on any atom is -0.506 e. The number of ether oxygens (including phenoxy) is 1. The normalized spacial score (nSPS) is 18.0. The Balaban J connectivity index is 1.45. The van der Waals surface area contributed by atoms with Gasteiger partial charge in [0.05, 0.1) is 18.4 Å². The molecule has 0 atom stereocenters. The van der Waals surface area contributed by atoms with Crippen molar-refractivity contribution in [3.05, 3.63) is 59.4 Å². The van der Waals surface area contributed by atoms with Crippen LogP contribution in [0.5, 0.6) is 5.75 Å². The number of carbonyl (C=O) groups is 2. The third-order valence-electron chi connectivity index (χ3n) is 6.28. The molecule has 2 aromatic rings. The van der Waals surface area contributed by atoms with Crippen molar-refractivity contribution >= 4 is 11.8 Å². The Kier molecular flexibility index (Phi) is 5.72. The van der Waals surface area contributed by atoms with Gasteiger partial charge in [-0.05, 0) is 49.4 Å². The van der Waals surface area contributed by atoms with Crippen LogP contribution in [0, 0.1) is 0 Å². The van der Waals surface area contributed by atoms with Crippen LogP contribution >= 0.6 is 0 Å². The highest BCUT2D eigenvalue weighted by atomic mass is 16.5. The summed E-state index contributed by atoms with van der Waals surface area (Å²) in [6, 6.07) is 9.02. The fourth-order valence-electron chi connectivity index (χ4n) is 4.75. The number of benzene rings is 1. The lowest BCUT2D eigenvalue weighted by Gasteiger charge is -2.45. The number of hydrogen-bond donors (Lipinski definition) is 1. The summed E-state index contributed by atoms with van der Waals surface area (Å²) in [7, 11) is 1.64. The summed E-state index contributed by atoms with van der Waals surface area (Å²) < 4.78 is 5.17. The minimum absolute atomic E-state index is 0.00906. The van der Waals surface area contributed by atoms with E-state index >= 15 is 0 Å². The van der Waals surface area contributed by atoms with Crippen LogP contribution in [0.1, 0.15) is 52.0 Å². The molecule has 30 heavy (non-hydrogen) atoms. The smallest absolute Gasteiger partial charge is 0.256 e. The first-order chi connectivity index (χ1) is 14.5. The van der Waals surface area contributed by atoms with Gasteiger partial charge in [-0.2, -0.15) is 0 Å². The molecule has 1 N–H and O–H groups in total. The van der Waals surface area contributed by atoms with Gasteiger partial charge in [0.25, 0.3) is 11.8 Å². The quantitative estimate of drug-likeness (QED) is 0.840. The Hall–Kier alpha value is -2.93. The highest BCUT2D eigenvalue weighted by molar-refractivity contribution is 5.95. The molecule has 0 radical (unpaired) electrons. The van der Waals surface area contributed by atoms with Crippen molar-refractivity contribution in [3.8, 4) is 5.75 Å². The summed E-state index contributed by atoms with van der Waals surface area (Å²) in [5, 5.41) is 9.68. The molecule has 7 heteroatoms. The number of amides is 2. The van der Waals surface area contributed by atoms with Gasteiger partial charge in [0.15, 0.2) is 0 Å². The third-order valence-corrected chi connectivity index (χ3v) is 6.28. The second-order valence-corrected chi connectivity index (χ2v) is 8.14. The van der Waals surface area contributed by atoms with E-state index in [2.05, 4.69) is 4.98 Å². The van der Waals surface area contributed by atoms with Crippen molar-refractivity contribution in [2.45, 2.75) is 37.8 Å². The van der Waals surface area contributed by atoms with E-state index < -0.39 is 0 Å². The largest absolute Gasteiger partial charge is 0.506 e. The summed E-state index contributed by atoms with van der Waals surface area (Å²) in [6.07, 6.45) is 6.23. The van der Waals surface area contributed by atoms with Gasteiger partial charge < -0.3 is 19.6 Å². The van der Waals surface area contributed by atoms with Crippen LogP contribution < -0.4 is 0 Å². The lowest BCUT2D eigenvalue weighted by Crippen LogP contribution is -2.55. The fourth-order valence-corrected chi connectivity index (χ4v) is 4.75. The lowest BCUT2D eigenvalue weighted by molar-refractivity contribution is 0.0342. The van der Waals surface area contributed by atoms with Crippen LogP contribution in [0.25, 0.3) is 0 Å². The van der Waals surface area contributed by atoms with Crippen LogP contribution in [0.3, 0.4) is 0 Å². The first-order valence-electron chi connectivity index (χ1n) is 10.4. The van der Waals surface area contributed by atoms with Gasteiger partial charge in [-0.3, -0.25) is 14.6 Å². The second kappa shape index (κ2) is 8.44. The van der Waals surface area contributed by atoms with Gasteiger partial charge >= 0.3 is 0 Å². The minimum atomic E-state index is -0.225. The average Bonchev–Trinajstić information content (AvgIpc) is 3.16. The summed E-state index contributed by atoms with van der Waals surface area (Å²) in [4.78, 5) is 33.9. The number of aromatic hydroxyl groups is 1. The zero-order valence-corrected chi connectivity index (χ0v) is 17.2. The average molecular weight is 409 g/mol. The van der Waals surface area contributed by atoms with E-state index in [0.29, 0.717) is 37.4 Å². The molecule has 4 rings (SSSR count). The number of hydrogen-bond acceptors (Lipinski definition) is 5. The second-order valence-electron chi connectivity index (χ2n) is 8.14. The molecule has 158 valence electrons. The lowest BCUT2D eigenvalue weighted by atomic mass is 9.84. The number of aromatic nitrogens is 1. The zero-order valence-electron chi connectivity index (χ0n) is 17.2. The van der Waals surface area contributed by atoms with Gasteiger partial charge in [-0.15, -0.1) is 0 Å².